The second-order valence-corrected chi connectivity index (χ2v) is 4.67. The number of Topliss-reactive ketones (excluding diaryl/α,β-unsaturated/α-hetero) is 1. The third-order valence-corrected chi connectivity index (χ3v) is 3.09. The van der Waals surface area contributed by atoms with Gasteiger partial charge >= 0.3 is 0 Å². The second-order valence-electron chi connectivity index (χ2n) is 4.67. The maximum Gasteiger partial charge on any atom is 0.141 e. The molecule has 1 aromatic carbocycles. The molecule has 3 nitrogen and oxygen atoms in total. The molecule has 1 atom stereocenters. The quantitative estimate of drug-likeness (QED) is 0.793. The molecule has 17 heavy (non-hydrogen) atoms. The van der Waals surface area contributed by atoms with Gasteiger partial charge in [-0.15, -0.1) is 0 Å². The number of hydrogen-bond acceptors (Lipinski definition) is 3. The Morgan fingerprint density at radius 3 is 2.82 bits per heavy atom. The smallest absolute Gasteiger partial charge is 0.141 e. The minimum Gasteiger partial charge on any atom is -0.380 e. The zero-order chi connectivity index (χ0) is 12.1. The van der Waals surface area contributed by atoms with Gasteiger partial charge in [0.05, 0.1) is 19.1 Å². The molecular weight excluding hydrogens is 214 g/mol. The highest BCUT2D eigenvalue weighted by Gasteiger charge is 2.23. The highest BCUT2D eigenvalue weighted by atomic mass is 16.5. The monoisotopic (exact) mass is 233 g/mol. The molecular formula is C14H19NO2. The summed E-state index contributed by atoms with van der Waals surface area (Å²) in [6.45, 7) is 2.84. The molecule has 3 heteroatoms. The standard InChI is InChI=1S/C14H19NO2/c1-15(9-12-5-3-2-4-6-12)10-13-11-17-8-7-14(13)16/h2-6,13H,7-11H2,1H3. The van der Waals surface area contributed by atoms with Crippen LogP contribution in [0.15, 0.2) is 30.3 Å². The number of hydrogen-bond donors (Lipinski definition) is 0. The molecule has 92 valence electrons. The van der Waals surface area contributed by atoms with Crippen molar-refractivity contribution < 1.29 is 9.53 Å². The maximum absolute atomic E-state index is 11.7. The Bertz CT molecular complexity index is 364. The maximum atomic E-state index is 11.7. The summed E-state index contributed by atoms with van der Waals surface area (Å²) in [5.41, 5.74) is 1.28. The lowest BCUT2D eigenvalue weighted by atomic mass is 10.00. The Morgan fingerprint density at radius 2 is 2.12 bits per heavy atom. The van der Waals surface area contributed by atoms with Crippen molar-refractivity contribution in [3.05, 3.63) is 35.9 Å². The van der Waals surface area contributed by atoms with Gasteiger partial charge in [-0.1, -0.05) is 30.3 Å². The molecule has 0 N–H and O–H groups in total. The molecule has 1 saturated heterocycles. The fourth-order valence-electron chi connectivity index (χ4n) is 2.19. The molecule has 0 amide bonds. The van der Waals surface area contributed by atoms with Crippen LogP contribution in [0.1, 0.15) is 12.0 Å². The highest BCUT2D eigenvalue weighted by Crippen LogP contribution is 2.12. The van der Waals surface area contributed by atoms with E-state index in [4.69, 9.17) is 4.74 Å². The van der Waals surface area contributed by atoms with Crippen molar-refractivity contribution in [3.63, 3.8) is 0 Å². The van der Waals surface area contributed by atoms with E-state index in [0.717, 1.165) is 13.1 Å². The van der Waals surface area contributed by atoms with Crippen molar-refractivity contribution in [1.82, 2.24) is 4.90 Å². The lowest BCUT2D eigenvalue weighted by Crippen LogP contribution is -2.36. The summed E-state index contributed by atoms with van der Waals surface area (Å²) in [6.07, 6.45) is 0.573. The van der Waals surface area contributed by atoms with Gasteiger partial charge in [-0.05, 0) is 12.6 Å². The normalized spacial score (nSPS) is 20.8. The van der Waals surface area contributed by atoms with E-state index in [1.54, 1.807) is 0 Å². The molecule has 0 saturated carbocycles. The summed E-state index contributed by atoms with van der Waals surface area (Å²) in [5, 5.41) is 0. The van der Waals surface area contributed by atoms with E-state index in [1.807, 2.05) is 18.2 Å². The van der Waals surface area contributed by atoms with Crippen LogP contribution in [0.2, 0.25) is 0 Å². The van der Waals surface area contributed by atoms with Crippen LogP contribution in [-0.2, 0) is 16.1 Å². The molecule has 0 aromatic heterocycles. The molecule has 0 radical (unpaired) electrons. The lowest BCUT2D eigenvalue weighted by Gasteiger charge is -2.26. The minimum absolute atomic E-state index is 0.0532. The molecule has 1 unspecified atom stereocenters. The topological polar surface area (TPSA) is 29.5 Å². The van der Waals surface area contributed by atoms with Gasteiger partial charge < -0.3 is 9.64 Å². The van der Waals surface area contributed by atoms with Gasteiger partial charge in [-0.2, -0.15) is 0 Å². The number of nitrogens with zero attached hydrogens (tertiary/aromatic N) is 1. The number of carbonyl (C=O) groups is 1. The zero-order valence-electron chi connectivity index (χ0n) is 10.3. The molecule has 1 aliphatic rings. The molecule has 1 aliphatic heterocycles. The third-order valence-electron chi connectivity index (χ3n) is 3.09. The van der Waals surface area contributed by atoms with E-state index in [9.17, 15) is 4.79 Å². The van der Waals surface area contributed by atoms with Crippen LogP contribution >= 0.6 is 0 Å². The molecule has 1 aromatic rings. The fourth-order valence-corrected chi connectivity index (χ4v) is 2.19. The number of ketones is 1. The van der Waals surface area contributed by atoms with E-state index >= 15 is 0 Å². The second kappa shape index (κ2) is 5.94. The van der Waals surface area contributed by atoms with Gasteiger partial charge in [0, 0.05) is 19.5 Å². The van der Waals surface area contributed by atoms with E-state index in [-0.39, 0.29) is 5.92 Å². The number of rotatable bonds is 4. The van der Waals surface area contributed by atoms with Gasteiger partial charge in [0.1, 0.15) is 5.78 Å². The van der Waals surface area contributed by atoms with Gasteiger partial charge in [-0.25, -0.2) is 0 Å². The zero-order valence-corrected chi connectivity index (χ0v) is 10.3. The Hall–Kier alpha value is -1.19. The Kier molecular flexibility index (Phi) is 4.29. The summed E-state index contributed by atoms with van der Waals surface area (Å²) in [7, 11) is 2.05. The van der Waals surface area contributed by atoms with Crippen molar-refractivity contribution in [2.45, 2.75) is 13.0 Å². The largest absolute Gasteiger partial charge is 0.380 e. The van der Waals surface area contributed by atoms with Crippen LogP contribution in [0, 0.1) is 5.92 Å². The van der Waals surface area contributed by atoms with Crippen LogP contribution in [0.4, 0.5) is 0 Å². The molecule has 2 rings (SSSR count). The number of benzene rings is 1. The molecule has 0 spiro atoms. The average molecular weight is 233 g/mol. The van der Waals surface area contributed by atoms with E-state index in [2.05, 4.69) is 24.1 Å². The summed E-state index contributed by atoms with van der Waals surface area (Å²) < 4.78 is 5.36. The number of carbonyl (C=O) groups excluding carboxylic acids is 1. The van der Waals surface area contributed by atoms with Crippen molar-refractivity contribution in [3.8, 4) is 0 Å². The Morgan fingerprint density at radius 1 is 1.35 bits per heavy atom. The highest BCUT2D eigenvalue weighted by molar-refractivity contribution is 5.82. The van der Waals surface area contributed by atoms with Crippen molar-refractivity contribution in [2.24, 2.45) is 5.92 Å². The first-order valence-electron chi connectivity index (χ1n) is 6.08. The molecule has 1 fully saturated rings. The van der Waals surface area contributed by atoms with E-state index < -0.39 is 0 Å². The Labute approximate surface area is 102 Å². The minimum atomic E-state index is 0.0532. The summed E-state index contributed by atoms with van der Waals surface area (Å²) in [4.78, 5) is 13.9. The van der Waals surface area contributed by atoms with Crippen LogP contribution < -0.4 is 0 Å². The van der Waals surface area contributed by atoms with Crippen LogP contribution in [0.5, 0.6) is 0 Å². The SMILES string of the molecule is CN(Cc1ccccc1)CC1COCCC1=O. The first-order valence-corrected chi connectivity index (χ1v) is 6.08. The molecule has 1 heterocycles. The van der Waals surface area contributed by atoms with Crippen molar-refractivity contribution in [2.75, 3.05) is 26.8 Å². The van der Waals surface area contributed by atoms with Gasteiger partial charge in [0.25, 0.3) is 0 Å². The van der Waals surface area contributed by atoms with E-state index in [1.165, 1.54) is 5.56 Å². The third kappa shape index (κ3) is 3.65. The summed E-state index contributed by atoms with van der Waals surface area (Å²) in [6, 6.07) is 10.3. The van der Waals surface area contributed by atoms with Crippen LogP contribution in [0.25, 0.3) is 0 Å². The van der Waals surface area contributed by atoms with Gasteiger partial charge in [0.15, 0.2) is 0 Å². The predicted molar refractivity (Wildman–Crippen MR) is 66.7 cm³/mol. The average Bonchev–Trinajstić information content (AvgIpc) is 2.33. The summed E-state index contributed by atoms with van der Waals surface area (Å²) in [5.74, 6) is 0.397. The van der Waals surface area contributed by atoms with Crippen molar-refractivity contribution >= 4 is 5.78 Å². The van der Waals surface area contributed by atoms with Gasteiger partial charge in [0.2, 0.25) is 0 Å². The lowest BCUT2D eigenvalue weighted by molar-refractivity contribution is -0.131. The Balaban J connectivity index is 1.84. The molecule has 0 bridgehead atoms. The number of ether oxygens (including phenoxy) is 1. The molecule has 0 aliphatic carbocycles. The van der Waals surface area contributed by atoms with Crippen LogP contribution in [-0.4, -0.2) is 37.5 Å². The fraction of sp³-hybridized carbons (Fsp3) is 0.500. The van der Waals surface area contributed by atoms with Crippen molar-refractivity contribution in [1.29, 1.82) is 0 Å². The summed E-state index contributed by atoms with van der Waals surface area (Å²) >= 11 is 0. The first kappa shape index (κ1) is 12.3. The van der Waals surface area contributed by atoms with E-state index in [0.29, 0.717) is 25.4 Å². The van der Waals surface area contributed by atoms with Gasteiger partial charge in [-0.3, -0.25) is 4.79 Å². The predicted octanol–water partition coefficient (Wildman–Crippen LogP) is 1.72. The first-order chi connectivity index (χ1) is 8.25. The van der Waals surface area contributed by atoms with Crippen LogP contribution in [0.3, 0.4) is 0 Å².